The standard InChI is InChI=1S/C21H25N5O2S/c1-14-9-19(24-26(14)18-7-5-4-6-8-18)20(27)23-21-22-17(13-29-21)12-25-10-15(2)28-16(3)11-25/h4-9,13,15-16H,10-12H2,1-3H3,(H,22,23,27). The Labute approximate surface area is 174 Å². The number of carbonyl (C=O) groups is 1. The highest BCUT2D eigenvalue weighted by atomic mass is 32.1. The number of rotatable bonds is 5. The second-order valence-corrected chi connectivity index (χ2v) is 8.33. The molecule has 7 nitrogen and oxygen atoms in total. The third-order valence-corrected chi connectivity index (χ3v) is 5.58. The molecule has 3 aromatic rings. The number of amides is 1. The largest absolute Gasteiger partial charge is 0.373 e. The van der Waals surface area contributed by atoms with Crippen LogP contribution in [0.25, 0.3) is 5.69 Å². The van der Waals surface area contributed by atoms with Crippen LogP contribution in [-0.2, 0) is 11.3 Å². The highest BCUT2D eigenvalue weighted by molar-refractivity contribution is 7.13. The molecule has 152 valence electrons. The van der Waals surface area contributed by atoms with Crippen LogP contribution in [-0.4, -0.2) is 50.9 Å². The van der Waals surface area contributed by atoms with Gasteiger partial charge in [0.05, 0.1) is 23.6 Å². The average Bonchev–Trinajstić information content (AvgIpc) is 3.28. The first-order valence-corrected chi connectivity index (χ1v) is 10.6. The summed E-state index contributed by atoms with van der Waals surface area (Å²) in [7, 11) is 0. The predicted molar refractivity (Wildman–Crippen MR) is 114 cm³/mol. The first kappa shape index (κ1) is 19.8. The van der Waals surface area contributed by atoms with Crippen LogP contribution in [0.2, 0.25) is 0 Å². The minimum Gasteiger partial charge on any atom is -0.373 e. The molecule has 2 unspecified atom stereocenters. The normalized spacial score (nSPS) is 20.0. The summed E-state index contributed by atoms with van der Waals surface area (Å²) in [5.41, 5.74) is 3.16. The molecule has 1 aromatic carbocycles. The number of aryl methyl sites for hydroxylation is 1. The van der Waals surface area contributed by atoms with Crippen molar-refractivity contribution in [2.24, 2.45) is 0 Å². The van der Waals surface area contributed by atoms with Crippen molar-refractivity contribution in [3.8, 4) is 5.69 Å². The van der Waals surface area contributed by atoms with Gasteiger partial charge >= 0.3 is 0 Å². The minimum atomic E-state index is -0.253. The summed E-state index contributed by atoms with van der Waals surface area (Å²) in [5, 5.41) is 9.91. The number of carbonyl (C=O) groups excluding carboxylic acids is 1. The lowest BCUT2D eigenvalue weighted by atomic mass is 10.2. The van der Waals surface area contributed by atoms with Crippen molar-refractivity contribution in [2.45, 2.75) is 39.5 Å². The topological polar surface area (TPSA) is 72.3 Å². The van der Waals surface area contributed by atoms with Gasteiger partial charge in [0.15, 0.2) is 10.8 Å². The molecule has 2 atom stereocenters. The number of ether oxygens (including phenoxy) is 1. The summed E-state index contributed by atoms with van der Waals surface area (Å²) in [6, 6.07) is 11.6. The fraction of sp³-hybridized carbons (Fsp3) is 0.381. The zero-order valence-electron chi connectivity index (χ0n) is 16.8. The molecule has 0 aliphatic carbocycles. The molecular formula is C21H25N5O2S. The fourth-order valence-electron chi connectivity index (χ4n) is 3.66. The van der Waals surface area contributed by atoms with E-state index < -0.39 is 0 Å². The van der Waals surface area contributed by atoms with Crippen molar-refractivity contribution >= 4 is 22.4 Å². The number of para-hydroxylation sites is 1. The van der Waals surface area contributed by atoms with Crippen molar-refractivity contribution in [3.05, 3.63) is 58.9 Å². The van der Waals surface area contributed by atoms with Gasteiger partial charge in [-0.05, 0) is 39.0 Å². The molecule has 2 aromatic heterocycles. The van der Waals surface area contributed by atoms with Crippen LogP contribution >= 0.6 is 11.3 Å². The Bertz CT molecular complexity index is 974. The highest BCUT2D eigenvalue weighted by Crippen LogP contribution is 2.20. The number of nitrogens with one attached hydrogen (secondary N) is 1. The molecule has 8 heteroatoms. The van der Waals surface area contributed by atoms with E-state index in [1.54, 1.807) is 10.7 Å². The molecule has 1 aliphatic heterocycles. The molecule has 1 aliphatic rings. The monoisotopic (exact) mass is 411 g/mol. The van der Waals surface area contributed by atoms with Gasteiger partial charge in [0, 0.05) is 30.7 Å². The number of anilines is 1. The number of thiazole rings is 1. The third kappa shape index (κ3) is 4.72. The molecule has 1 N–H and O–H groups in total. The number of benzene rings is 1. The summed E-state index contributed by atoms with van der Waals surface area (Å²) < 4.78 is 7.55. The predicted octanol–water partition coefficient (Wildman–Crippen LogP) is 3.50. The number of hydrogen-bond acceptors (Lipinski definition) is 6. The molecule has 1 fully saturated rings. The summed E-state index contributed by atoms with van der Waals surface area (Å²) in [4.78, 5) is 19.6. The molecule has 4 rings (SSSR count). The summed E-state index contributed by atoms with van der Waals surface area (Å²) in [6.07, 6.45) is 0.444. The summed E-state index contributed by atoms with van der Waals surface area (Å²) >= 11 is 1.43. The average molecular weight is 412 g/mol. The van der Waals surface area contributed by atoms with Crippen LogP contribution < -0.4 is 5.32 Å². The lowest BCUT2D eigenvalue weighted by Crippen LogP contribution is -2.44. The second kappa shape index (κ2) is 8.44. The molecule has 0 spiro atoms. The van der Waals surface area contributed by atoms with Crippen molar-refractivity contribution in [2.75, 3.05) is 18.4 Å². The van der Waals surface area contributed by atoms with E-state index >= 15 is 0 Å². The van der Waals surface area contributed by atoms with Gasteiger partial charge in [-0.2, -0.15) is 5.10 Å². The van der Waals surface area contributed by atoms with Gasteiger partial charge in [0.1, 0.15) is 0 Å². The molecule has 1 amide bonds. The molecule has 3 heterocycles. The van der Waals surface area contributed by atoms with E-state index in [-0.39, 0.29) is 18.1 Å². The number of hydrogen-bond donors (Lipinski definition) is 1. The van der Waals surface area contributed by atoms with E-state index in [1.165, 1.54) is 11.3 Å². The van der Waals surface area contributed by atoms with Gasteiger partial charge in [0.2, 0.25) is 0 Å². The highest BCUT2D eigenvalue weighted by Gasteiger charge is 2.23. The quantitative estimate of drug-likeness (QED) is 0.696. The smallest absolute Gasteiger partial charge is 0.277 e. The first-order valence-electron chi connectivity index (χ1n) is 9.73. The van der Waals surface area contributed by atoms with Gasteiger partial charge in [0.25, 0.3) is 5.91 Å². The fourth-order valence-corrected chi connectivity index (χ4v) is 4.35. The third-order valence-electron chi connectivity index (χ3n) is 4.77. The summed E-state index contributed by atoms with van der Waals surface area (Å²) in [5.74, 6) is -0.253. The van der Waals surface area contributed by atoms with Gasteiger partial charge < -0.3 is 4.74 Å². The SMILES string of the molecule is Cc1cc(C(=O)Nc2nc(CN3CC(C)OC(C)C3)cs2)nn1-c1ccccc1. The minimum absolute atomic E-state index is 0.222. The van der Waals surface area contributed by atoms with Crippen LogP contribution in [0.1, 0.15) is 35.7 Å². The van der Waals surface area contributed by atoms with E-state index in [0.717, 1.165) is 36.7 Å². The molecule has 1 saturated heterocycles. The Morgan fingerprint density at radius 2 is 1.97 bits per heavy atom. The maximum atomic E-state index is 12.6. The van der Waals surface area contributed by atoms with Crippen LogP contribution in [0.3, 0.4) is 0 Å². The Morgan fingerprint density at radius 3 is 2.69 bits per heavy atom. The molecule has 0 radical (unpaired) electrons. The Balaban J connectivity index is 1.41. The maximum absolute atomic E-state index is 12.6. The number of morpholine rings is 1. The lowest BCUT2D eigenvalue weighted by Gasteiger charge is -2.34. The van der Waals surface area contributed by atoms with E-state index in [0.29, 0.717) is 10.8 Å². The first-order chi connectivity index (χ1) is 14.0. The van der Waals surface area contributed by atoms with Crippen LogP contribution in [0.15, 0.2) is 41.8 Å². The van der Waals surface area contributed by atoms with Crippen LogP contribution in [0, 0.1) is 6.92 Å². The molecule has 0 bridgehead atoms. The van der Waals surface area contributed by atoms with Gasteiger partial charge in [-0.3, -0.25) is 15.0 Å². The van der Waals surface area contributed by atoms with Gasteiger partial charge in [-0.15, -0.1) is 11.3 Å². The van der Waals surface area contributed by atoms with Crippen molar-refractivity contribution < 1.29 is 9.53 Å². The molecule has 0 saturated carbocycles. The second-order valence-electron chi connectivity index (χ2n) is 7.47. The maximum Gasteiger partial charge on any atom is 0.277 e. The van der Waals surface area contributed by atoms with E-state index in [1.807, 2.05) is 42.6 Å². The summed E-state index contributed by atoms with van der Waals surface area (Å²) in [6.45, 7) is 8.64. The van der Waals surface area contributed by atoms with Gasteiger partial charge in [-0.1, -0.05) is 18.2 Å². The van der Waals surface area contributed by atoms with Gasteiger partial charge in [-0.25, -0.2) is 9.67 Å². The zero-order chi connectivity index (χ0) is 20.4. The van der Waals surface area contributed by atoms with E-state index in [9.17, 15) is 4.79 Å². The lowest BCUT2D eigenvalue weighted by molar-refractivity contribution is -0.0707. The van der Waals surface area contributed by atoms with Crippen molar-refractivity contribution in [1.29, 1.82) is 0 Å². The number of aromatic nitrogens is 3. The zero-order valence-corrected chi connectivity index (χ0v) is 17.6. The van der Waals surface area contributed by atoms with E-state index in [2.05, 4.69) is 34.1 Å². The van der Waals surface area contributed by atoms with Crippen LogP contribution in [0.4, 0.5) is 5.13 Å². The Kier molecular flexibility index (Phi) is 5.75. The molecule has 29 heavy (non-hydrogen) atoms. The number of nitrogens with zero attached hydrogens (tertiary/aromatic N) is 4. The van der Waals surface area contributed by atoms with Crippen LogP contribution in [0.5, 0.6) is 0 Å². The van der Waals surface area contributed by atoms with E-state index in [4.69, 9.17) is 4.74 Å². The molecular weight excluding hydrogens is 386 g/mol. The Morgan fingerprint density at radius 1 is 1.24 bits per heavy atom. The van der Waals surface area contributed by atoms with Crippen molar-refractivity contribution in [3.63, 3.8) is 0 Å². The Hall–Kier alpha value is -2.55. The van der Waals surface area contributed by atoms with Crippen molar-refractivity contribution in [1.82, 2.24) is 19.7 Å².